The van der Waals surface area contributed by atoms with Crippen LogP contribution in [0.15, 0.2) is 29.2 Å². The van der Waals surface area contributed by atoms with Crippen molar-refractivity contribution in [3.8, 4) is 5.75 Å². The van der Waals surface area contributed by atoms with Crippen LogP contribution in [-0.4, -0.2) is 64.7 Å². The lowest BCUT2D eigenvalue weighted by Gasteiger charge is -2.27. The molecule has 3 rings (SSSR count). The van der Waals surface area contributed by atoms with Crippen LogP contribution in [0.2, 0.25) is 0 Å². The number of ether oxygens (including phenoxy) is 1. The van der Waals surface area contributed by atoms with Crippen molar-refractivity contribution in [1.82, 2.24) is 4.90 Å². The van der Waals surface area contributed by atoms with E-state index in [9.17, 15) is 16.8 Å². The summed E-state index contributed by atoms with van der Waals surface area (Å²) in [7, 11) is -5.52. The lowest BCUT2D eigenvalue weighted by molar-refractivity contribution is 0.264. The van der Waals surface area contributed by atoms with E-state index in [1.54, 1.807) is 12.1 Å². The predicted molar refractivity (Wildman–Crippen MR) is 87.2 cm³/mol. The van der Waals surface area contributed by atoms with Gasteiger partial charge < -0.3 is 4.74 Å². The molecular weight excluding hydrogens is 338 g/mol. The van der Waals surface area contributed by atoms with Gasteiger partial charge in [-0.1, -0.05) is 0 Å². The molecule has 0 radical (unpaired) electrons. The number of nitrogens with zero attached hydrogens (tertiary/aromatic N) is 1. The lowest BCUT2D eigenvalue weighted by atomic mass is 10.2. The summed E-state index contributed by atoms with van der Waals surface area (Å²) >= 11 is 0. The Bertz CT molecular complexity index is 765. The monoisotopic (exact) mass is 359 g/mol. The summed E-state index contributed by atoms with van der Waals surface area (Å²) in [6, 6.07) is 5.71. The van der Waals surface area contributed by atoms with Gasteiger partial charge in [0.2, 0.25) is 0 Å². The summed E-state index contributed by atoms with van der Waals surface area (Å²) in [6.07, 6.45) is 1.98. The molecule has 0 N–H and O–H groups in total. The highest BCUT2D eigenvalue weighted by Crippen LogP contribution is 2.31. The fourth-order valence-electron chi connectivity index (χ4n) is 3.45. The van der Waals surface area contributed by atoms with Crippen molar-refractivity contribution >= 4 is 19.7 Å². The van der Waals surface area contributed by atoms with E-state index >= 15 is 0 Å². The molecular formula is C15H21NO5S2. The van der Waals surface area contributed by atoms with E-state index in [4.69, 9.17) is 4.74 Å². The molecule has 0 spiro atoms. The quantitative estimate of drug-likeness (QED) is 0.788. The minimum atomic E-state index is -3.70. The minimum absolute atomic E-state index is 0.0624. The summed E-state index contributed by atoms with van der Waals surface area (Å²) < 4.78 is 55.1. The van der Waals surface area contributed by atoms with Crippen LogP contribution in [0.25, 0.3) is 0 Å². The molecule has 2 fully saturated rings. The van der Waals surface area contributed by atoms with E-state index in [2.05, 4.69) is 0 Å². The number of likely N-dealkylation sites (tertiary alicyclic amines) is 1. The molecule has 2 saturated heterocycles. The van der Waals surface area contributed by atoms with Gasteiger partial charge in [0, 0.05) is 6.04 Å². The number of hydrogen-bond acceptors (Lipinski definition) is 6. The number of rotatable bonds is 4. The standard InChI is InChI=1S/C15H21NO5S2/c1-21-12-4-6-13(7-5-12)23(19,20)15-11-22(17,18)10-14(15)16-8-2-3-9-16/h4-7,14-15H,2-3,8-11H2,1H3/t14-,15-/m1/s1. The number of sulfone groups is 2. The zero-order valence-corrected chi connectivity index (χ0v) is 14.6. The highest BCUT2D eigenvalue weighted by Gasteiger charge is 2.48. The van der Waals surface area contributed by atoms with Gasteiger partial charge in [0.05, 0.1) is 28.8 Å². The van der Waals surface area contributed by atoms with E-state index in [1.807, 2.05) is 4.90 Å². The van der Waals surface area contributed by atoms with Gasteiger partial charge in [-0.25, -0.2) is 16.8 Å². The molecule has 6 nitrogen and oxygen atoms in total. The van der Waals surface area contributed by atoms with Crippen LogP contribution in [-0.2, 0) is 19.7 Å². The van der Waals surface area contributed by atoms with Crippen LogP contribution in [0.1, 0.15) is 12.8 Å². The van der Waals surface area contributed by atoms with E-state index in [0.717, 1.165) is 25.9 Å². The van der Waals surface area contributed by atoms with Crippen LogP contribution in [0.4, 0.5) is 0 Å². The highest BCUT2D eigenvalue weighted by atomic mass is 32.2. The first kappa shape index (κ1) is 16.7. The summed E-state index contributed by atoms with van der Waals surface area (Å²) in [5, 5.41) is -0.890. The van der Waals surface area contributed by atoms with Gasteiger partial charge in [-0.15, -0.1) is 0 Å². The highest BCUT2D eigenvalue weighted by molar-refractivity contribution is 7.96. The SMILES string of the molecule is COc1ccc(S(=O)(=O)[C@@H]2CS(=O)(=O)C[C@H]2N2CCCC2)cc1. The number of hydrogen-bond donors (Lipinski definition) is 0. The first-order valence-electron chi connectivity index (χ1n) is 7.66. The van der Waals surface area contributed by atoms with Crippen molar-refractivity contribution in [2.45, 2.75) is 29.0 Å². The molecule has 2 heterocycles. The molecule has 0 aliphatic carbocycles. The Labute approximate surface area is 137 Å². The van der Waals surface area contributed by atoms with Gasteiger partial charge in [-0.05, 0) is 50.2 Å². The molecule has 0 aromatic heterocycles. The average Bonchev–Trinajstić information content (AvgIpc) is 3.14. The van der Waals surface area contributed by atoms with Gasteiger partial charge in [-0.2, -0.15) is 0 Å². The molecule has 2 aliphatic rings. The Morgan fingerprint density at radius 2 is 1.70 bits per heavy atom. The predicted octanol–water partition coefficient (Wildman–Crippen LogP) is 0.730. The van der Waals surface area contributed by atoms with Crippen LogP contribution in [0, 0.1) is 0 Å². The van der Waals surface area contributed by atoms with Crippen LogP contribution in [0.5, 0.6) is 5.75 Å². The molecule has 128 valence electrons. The molecule has 2 aliphatic heterocycles. The first-order chi connectivity index (χ1) is 10.8. The van der Waals surface area contributed by atoms with E-state index in [0.29, 0.717) is 5.75 Å². The first-order valence-corrected chi connectivity index (χ1v) is 11.0. The van der Waals surface area contributed by atoms with Crippen molar-refractivity contribution in [1.29, 1.82) is 0 Å². The number of benzene rings is 1. The second kappa shape index (κ2) is 6.07. The van der Waals surface area contributed by atoms with Crippen molar-refractivity contribution in [3.63, 3.8) is 0 Å². The third-order valence-electron chi connectivity index (χ3n) is 4.67. The fourth-order valence-corrected chi connectivity index (χ4v) is 8.28. The van der Waals surface area contributed by atoms with Crippen molar-refractivity contribution in [2.75, 3.05) is 31.7 Å². The second-order valence-electron chi connectivity index (χ2n) is 6.15. The Morgan fingerprint density at radius 1 is 1.09 bits per heavy atom. The average molecular weight is 359 g/mol. The molecule has 23 heavy (non-hydrogen) atoms. The van der Waals surface area contributed by atoms with Gasteiger partial charge >= 0.3 is 0 Å². The molecule has 2 atom stereocenters. The summed E-state index contributed by atoms with van der Waals surface area (Å²) in [4.78, 5) is 2.18. The topological polar surface area (TPSA) is 80.8 Å². The van der Waals surface area contributed by atoms with Gasteiger partial charge in [0.1, 0.15) is 5.75 Å². The smallest absolute Gasteiger partial charge is 0.183 e. The van der Waals surface area contributed by atoms with E-state index < -0.39 is 31.0 Å². The van der Waals surface area contributed by atoms with Crippen molar-refractivity contribution in [2.24, 2.45) is 0 Å². The zero-order valence-electron chi connectivity index (χ0n) is 13.0. The third kappa shape index (κ3) is 3.25. The van der Waals surface area contributed by atoms with Gasteiger partial charge in [-0.3, -0.25) is 4.90 Å². The number of methoxy groups -OCH3 is 1. The van der Waals surface area contributed by atoms with Gasteiger partial charge in [0.25, 0.3) is 0 Å². The Balaban J connectivity index is 1.95. The fraction of sp³-hybridized carbons (Fsp3) is 0.600. The minimum Gasteiger partial charge on any atom is -0.497 e. The largest absolute Gasteiger partial charge is 0.497 e. The molecule has 8 heteroatoms. The van der Waals surface area contributed by atoms with Crippen LogP contribution in [0.3, 0.4) is 0 Å². The maximum absolute atomic E-state index is 13.0. The Hall–Kier alpha value is -1.12. The van der Waals surface area contributed by atoms with E-state index in [1.165, 1.54) is 19.2 Å². The van der Waals surface area contributed by atoms with Crippen LogP contribution < -0.4 is 4.74 Å². The normalized spacial score (nSPS) is 28.0. The second-order valence-corrected chi connectivity index (χ2v) is 10.5. The maximum atomic E-state index is 13.0. The molecule has 1 aromatic rings. The zero-order chi connectivity index (χ0) is 16.7. The molecule has 0 amide bonds. The van der Waals surface area contributed by atoms with Crippen molar-refractivity contribution in [3.05, 3.63) is 24.3 Å². The summed E-state index contributed by atoms with van der Waals surface area (Å²) in [6.45, 7) is 1.55. The van der Waals surface area contributed by atoms with Crippen LogP contribution >= 0.6 is 0 Å². The maximum Gasteiger partial charge on any atom is 0.183 e. The lowest BCUT2D eigenvalue weighted by Crippen LogP contribution is -2.45. The molecule has 0 bridgehead atoms. The molecule has 0 saturated carbocycles. The van der Waals surface area contributed by atoms with Crippen molar-refractivity contribution < 1.29 is 21.6 Å². The third-order valence-corrected chi connectivity index (χ3v) is 8.80. The molecule has 0 unspecified atom stereocenters. The Morgan fingerprint density at radius 3 is 2.26 bits per heavy atom. The van der Waals surface area contributed by atoms with E-state index in [-0.39, 0.29) is 16.4 Å². The Kier molecular flexibility index (Phi) is 4.41. The van der Waals surface area contributed by atoms with Gasteiger partial charge in [0.15, 0.2) is 19.7 Å². The summed E-state index contributed by atoms with van der Waals surface area (Å²) in [5.41, 5.74) is 0. The summed E-state index contributed by atoms with van der Waals surface area (Å²) in [5.74, 6) is 0.217. The molecule has 1 aromatic carbocycles.